The predicted octanol–water partition coefficient (Wildman–Crippen LogP) is 2.06. The number of carbonyl (C=O) groups excluding carboxylic acids is 3. The Morgan fingerprint density at radius 2 is 1.66 bits per heavy atom. The van der Waals surface area contributed by atoms with Gasteiger partial charge in [0.1, 0.15) is 23.8 Å². The van der Waals surface area contributed by atoms with Crippen molar-refractivity contribution >= 4 is 37.6 Å². The van der Waals surface area contributed by atoms with E-state index in [1.807, 2.05) is 20.8 Å². The molecule has 0 N–H and O–H groups in total. The molecular weight excluding hydrogens is 496 g/mol. The normalized spacial score (nSPS) is 43.7. The highest BCUT2D eigenvalue weighted by Crippen LogP contribution is 2.67. The molecule has 0 bridgehead atoms. The molecule has 0 aliphatic heterocycles. The molecular formula is C24H34O9S2. The molecule has 0 saturated heterocycles. The first-order valence-corrected chi connectivity index (χ1v) is 15.6. The van der Waals surface area contributed by atoms with Gasteiger partial charge < -0.3 is 0 Å². The summed E-state index contributed by atoms with van der Waals surface area (Å²) < 4.78 is 60.5. The number of hydrogen-bond donors (Lipinski definition) is 0. The van der Waals surface area contributed by atoms with Crippen molar-refractivity contribution in [3.8, 4) is 0 Å². The third kappa shape index (κ3) is 4.36. The van der Waals surface area contributed by atoms with Crippen LogP contribution < -0.4 is 0 Å². The summed E-state index contributed by atoms with van der Waals surface area (Å²) in [4.78, 5) is 39.0. The van der Waals surface area contributed by atoms with Crippen LogP contribution in [-0.2, 0) is 43.0 Å². The Hall–Kier alpha value is -1.43. The highest BCUT2D eigenvalue weighted by atomic mass is 32.2. The molecule has 3 saturated carbocycles. The summed E-state index contributed by atoms with van der Waals surface area (Å²) in [6, 6.07) is 0. The fourth-order valence-corrected chi connectivity index (χ4v) is 9.41. The molecule has 35 heavy (non-hydrogen) atoms. The minimum Gasteiger partial charge on any atom is -0.300 e. The monoisotopic (exact) mass is 530 g/mol. The number of rotatable bonds is 5. The SMILES string of the molecule is CC(=O)[C@H]1[C@@H](C)C[C@H]2[C@@H]3[C@@H](OS(C)(=O)=O)[C@@H](OS(C)(=O)=O)C4=CC(=O)CC[C@]4(C)[C@H]3C(=O)C[C@@]21C. The van der Waals surface area contributed by atoms with Crippen molar-refractivity contribution in [3.63, 3.8) is 0 Å². The molecule has 4 aliphatic carbocycles. The number of Topliss-reactive ketones (excluding diaryl/α,β-unsaturated/α-hetero) is 2. The Balaban J connectivity index is 1.98. The highest BCUT2D eigenvalue weighted by Gasteiger charge is 2.69. The molecule has 4 rings (SSSR count). The molecule has 0 aromatic heterocycles. The van der Waals surface area contributed by atoms with Crippen molar-refractivity contribution in [2.24, 2.45) is 40.4 Å². The maximum Gasteiger partial charge on any atom is 0.265 e. The maximum absolute atomic E-state index is 13.9. The van der Waals surface area contributed by atoms with E-state index in [9.17, 15) is 31.2 Å². The van der Waals surface area contributed by atoms with E-state index in [0.29, 0.717) is 18.4 Å². The van der Waals surface area contributed by atoms with E-state index < -0.39 is 55.1 Å². The molecule has 0 heterocycles. The summed E-state index contributed by atoms with van der Waals surface area (Å²) in [6.45, 7) is 7.21. The molecule has 0 amide bonds. The van der Waals surface area contributed by atoms with Crippen molar-refractivity contribution < 1.29 is 39.6 Å². The first-order chi connectivity index (χ1) is 15.9. The van der Waals surface area contributed by atoms with Gasteiger partial charge in [0.25, 0.3) is 20.2 Å². The average molecular weight is 531 g/mol. The molecule has 9 atom stereocenters. The van der Waals surface area contributed by atoms with E-state index >= 15 is 0 Å². The fourth-order valence-electron chi connectivity index (χ4n) is 8.19. The van der Waals surface area contributed by atoms with Gasteiger partial charge in [-0.1, -0.05) is 20.8 Å². The minimum absolute atomic E-state index is 0.0239. The maximum atomic E-state index is 13.9. The van der Waals surface area contributed by atoms with Crippen LogP contribution in [-0.4, -0.2) is 58.9 Å². The third-order valence-corrected chi connectivity index (χ3v) is 10.2. The lowest BCUT2D eigenvalue weighted by molar-refractivity contribution is -0.163. The zero-order chi connectivity index (χ0) is 26.3. The van der Waals surface area contributed by atoms with Gasteiger partial charge in [-0.15, -0.1) is 0 Å². The smallest absolute Gasteiger partial charge is 0.265 e. The van der Waals surface area contributed by atoms with Crippen molar-refractivity contribution in [1.29, 1.82) is 0 Å². The molecule has 3 fully saturated rings. The van der Waals surface area contributed by atoms with E-state index in [1.165, 1.54) is 13.0 Å². The van der Waals surface area contributed by atoms with Gasteiger partial charge in [-0.05, 0) is 48.7 Å². The zero-order valence-electron chi connectivity index (χ0n) is 20.9. The van der Waals surface area contributed by atoms with Crippen LogP contribution in [0.15, 0.2) is 11.6 Å². The van der Waals surface area contributed by atoms with Gasteiger partial charge in [0.2, 0.25) is 0 Å². The molecule has 0 aromatic rings. The summed E-state index contributed by atoms with van der Waals surface area (Å²) in [5, 5.41) is 0. The third-order valence-electron chi connectivity index (χ3n) is 9.04. The predicted molar refractivity (Wildman–Crippen MR) is 126 cm³/mol. The van der Waals surface area contributed by atoms with Gasteiger partial charge >= 0.3 is 0 Å². The Morgan fingerprint density at radius 3 is 2.20 bits per heavy atom. The Kier molecular flexibility index (Phi) is 6.31. The zero-order valence-corrected chi connectivity index (χ0v) is 22.6. The molecule has 0 aromatic carbocycles. The van der Waals surface area contributed by atoms with Crippen LogP contribution in [0.2, 0.25) is 0 Å². The van der Waals surface area contributed by atoms with Crippen LogP contribution in [0.5, 0.6) is 0 Å². The van der Waals surface area contributed by atoms with Crippen molar-refractivity contribution in [2.75, 3.05) is 12.5 Å². The molecule has 196 valence electrons. The first-order valence-electron chi connectivity index (χ1n) is 11.9. The van der Waals surface area contributed by atoms with Crippen LogP contribution in [0.25, 0.3) is 0 Å². The summed E-state index contributed by atoms with van der Waals surface area (Å²) in [5.74, 6) is -2.48. The molecule has 4 aliphatic rings. The summed E-state index contributed by atoms with van der Waals surface area (Å²) >= 11 is 0. The van der Waals surface area contributed by atoms with Crippen molar-refractivity contribution in [3.05, 3.63) is 11.6 Å². The van der Waals surface area contributed by atoms with Gasteiger partial charge in [-0.25, -0.2) is 0 Å². The lowest BCUT2D eigenvalue weighted by Crippen LogP contribution is -2.64. The van der Waals surface area contributed by atoms with E-state index in [4.69, 9.17) is 8.37 Å². The molecule has 9 nitrogen and oxygen atoms in total. The Morgan fingerprint density at radius 1 is 1.06 bits per heavy atom. The second-order valence-corrected chi connectivity index (χ2v) is 14.8. The number of ketones is 3. The summed E-state index contributed by atoms with van der Waals surface area (Å²) in [7, 11) is -8.21. The van der Waals surface area contributed by atoms with Crippen molar-refractivity contribution in [2.45, 2.75) is 65.6 Å². The highest BCUT2D eigenvalue weighted by molar-refractivity contribution is 7.86. The second-order valence-electron chi connectivity index (χ2n) is 11.6. The van der Waals surface area contributed by atoms with Crippen LogP contribution in [0, 0.1) is 40.4 Å². The van der Waals surface area contributed by atoms with Gasteiger partial charge in [-0.2, -0.15) is 16.8 Å². The summed E-state index contributed by atoms with van der Waals surface area (Å²) in [6.07, 6.45) is 1.56. The van der Waals surface area contributed by atoms with E-state index in [2.05, 4.69) is 0 Å². The van der Waals surface area contributed by atoms with E-state index in [1.54, 1.807) is 0 Å². The molecule has 0 radical (unpaired) electrons. The molecule has 11 heteroatoms. The largest absolute Gasteiger partial charge is 0.300 e. The quantitative estimate of drug-likeness (QED) is 0.489. The van der Waals surface area contributed by atoms with Gasteiger partial charge in [-0.3, -0.25) is 22.7 Å². The Labute approximate surface area is 207 Å². The van der Waals surface area contributed by atoms with Crippen LogP contribution in [0.3, 0.4) is 0 Å². The van der Waals surface area contributed by atoms with Crippen LogP contribution in [0.1, 0.15) is 53.4 Å². The van der Waals surface area contributed by atoms with Crippen molar-refractivity contribution in [1.82, 2.24) is 0 Å². The topological polar surface area (TPSA) is 138 Å². The van der Waals surface area contributed by atoms with Crippen LogP contribution in [0.4, 0.5) is 0 Å². The lowest BCUT2D eigenvalue weighted by Gasteiger charge is -2.60. The molecule has 0 spiro atoms. The molecule has 0 unspecified atom stereocenters. The number of hydrogen-bond acceptors (Lipinski definition) is 9. The van der Waals surface area contributed by atoms with Gasteiger partial charge in [0.05, 0.1) is 12.5 Å². The number of carbonyl (C=O) groups is 3. The Bertz CT molecular complexity index is 1220. The fraction of sp³-hybridized carbons (Fsp3) is 0.792. The first kappa shape index (κ1) is 26.6. The second kappa shape index (κ2) is 8.29. The van der Waals surface area contributed by atoms with Gasteiger partial charge in [0, 0.05) is 36.0 Å². The minimum atomic E-state index is -4.11. The van der Waals surface area contributed by atoms with Crippen LogP contribution >= 0.6 is 0 Å². The number of fused-ring (bicyclic) bond motifs is 5. The lowest BCUT2D eigenvalue weighted by atomic mass is 9.45. The van der Waals surface area contributed by atoms with E-state index in [0.717, 1.165) is 12.5 Å². The average Bonchev–Trinajstić information content (AvgIpc) is 2.93. The van der Waals surface area contributed by atoms with Gasteiger partial charge in [0.15, 0.2) is 5.78 Å². The summed E-state index contributed by atoms with van der Waals surface area (Å²) in [5.41, 5.74) is -1.33. The van der Waals surface area contributed by atoms with E-state index in [-0.39, 0.29) is 47.9 Å². The standard InChI is InChI=1S/C24H34O9S2/c1-12-9-15-18-20(17(27)11-24(15,4)19(12)13(2)25)23(3)8-7-14(26)10-16(23)21(32-34(5,28)29)22(18)33-35(6,30)31/h10,12,15,18-22H,7-9,11H2,1-6H3/t12-,15-,18-,19+,20-,21-,22+,23-,24-/m0/s1.